The second kappa shape index (κ2) is 11.5. The van der Waals surface area contributed by atoms with Gasteiger partial charge in [0.15, 0.2) is 0 Å². The van der Waals surface area contributed by atoms with Crippen molar-refractivity contribution in [3.8, 4) is 16.9 Å². The molecule has 0 aliphatic carbocycles. The number of benzene rings is 2. The van der Waals surface area contributed by atoms with Crippen LogP contribution in [0.15, 0.2) is 52.7 Å². The molecule has 1 aliphatic heterocycles. The summed E-state index contributed by atoms with van der Waals surface area (Å²) in [5, 5.41) is 8.76. The van der Waals surface area contributed by atoms with Crippen molar-refractivity contribution in [3.05, 3.63) is 47.5 Å². The minimum Gasteiger partial charge on any atom is -0.405 e. The van der Waals surface area contributed by atoms with Gasteiger partial charge in [0.05, 0.1) is 10.7 Å². The van der Waals surface area contributed by atoms with Crippen LogP contribution < -0.4 is 4.74 Å². The molecule has 3 rings (SSSR count). The van der Waals surface area contributed by atoms with Gasteiger partial charge in [-0.05, 0) is 37.5 Å². The van der Waals surface area contributed by atoms with Crippen molar-refractivity contribution in [2.24, 2.45) is 10.2 Å². The third-order valence-corrected chi connectivity index (χ3v) is 5.96. The number of amides is 2. The minimum absolute atomic E-state index is 0.101. The summed E-state index contributed by atoms with van der Waals surface area (Å²) in [7, 11) is 1.64. The highest BCUT2D eigenvalue weighted by Gasteiger charge is 2.32. The van der Waals surface area contributed by atoms with E-state index in [-0.39, 0.29) is 34.6 Å². The van der Waals surface area contributed by atoms with E-state index in [1.165, 1.54) is 36.1 Å². The van der Waals surface area contributed by atoms with E-state index in [1.807, 2.05) is 0 Å². The van der Waals surface area contributed by atoms with Gasteiger partial charge in [-0.1, -0.05) is 35.9 Å². The van der Waals surface area contributed by atoms with Gasteiger partial charge in [0.2, 0.25) is 11.8 Å². The number of azo groups is 1. The highest BCUT2D eigenvalue weighted by atomic mass is 35.5. The van der Waals surface area contributed by atoms with Crippen molar-refractivity contribution >= 4 is 29.1 Å². The van der Waals surface area contributed by atoms with Crippen LogP contribution in [0.25, 0.3) is 11.1 Å². The van der Waals surface area contributed by atoms with Crippen molar-refractivity contribution in [3.63, 3.8) is 0 Å². The number of rotatable bonds is 7. The molecular weight excluding hydrogens is 485 g/mol. The van der Waals surface area contributed by atoms with Crippen molar-refractivity contribution in [2.45, 2.75) is 45.1 Å². The quantitative estimate of drug-likeness (QED) is 0.416. The van der Waals surface area contributed by atoms with Crippen molar-refractivity contribution < 1.29 is 27.5 Å². The highest BCUT2D eigenvalue weighted by Crippen LogP contribution is 2.38. The van der Waals surface area contributed by atoms with Gasteiger partial charge in [-0.15, -0.1) is 13.2 Å². The molecule has 0 bridgehead atoms. The molecule has 1 unspecified atom stereocenters. The Hall–Kier alpha value is -3.14. The van der Waals surface area contributed by atoms with Gasteiger partial charge in [-0.3, -0.25) is 9.59 Å². The number of hydrogen-bond donors (Lipinski definition) is 0. The van der Waals surface area contributed by atoms with Crippen LogP contribution in [0, 0.1) is 0 Å². The SMILES string of the molecule is CC(=O)N(C)CCC(=O)N1CCCCC1N=Nc1ccc(-c2ccccc2OC(F)(F)F)c(Cl)c1. The molecule has 1 atom stereocenters. The van der Waals surface area contributed by atoms with Crippen molar-refractivity contribution in [2.75, 3.05) is 20.1 Å². The van der Waals surface area contributed by atoms with Gasteiger partial charge in [-0.25, -0.2) is 0 Å². The monoisotopic (exact) mass is 510 g/mol. The highest BCUT2D eigenvalue weighted by molar-refractivity contribution is 6.33. The summed E-state index contributed by atoms with van der Waals surface area (Å²) in [6, 6.07) is 10.4. The zero-order chi connectivity index (χ0) is 25.6. The van der Waals surface area contributed by atoms with Crippen LogP contribution in [0.5, 0.6) is 5.75 Å². The zero-order valence-electron chi connectivity index (χ0n) is 19.4. The maximum atomic E-state index is 12.8. The largest absolute Gasteiger partial charge is 0.573 e. The number of piperidine rings is 1. The first-order valence-corrected chi connectivity index (χ1v) is 11.5. The van der Waals surface area contributed by atoms with Gasteiger partial charge in [0.25, 0.3) is 0 Å². The first-order chi connectivity index (χ1) is 16.5. The molecule has 7 nitrogen and oxygen atoms in total. The molecule has 0 N–H and O–H groups in total. The number of halogens is 4. The fraction of sp³-hybridized carbons (Fsp3) is 0.417. The molecule has 0 spiro atoms. The van der Waals surface area contributed by atoms with E-state index in [1.54, 1.807) is 30.1 Å². The normalized spacial score (nSPS) is 16.4. The molecule has 188 valence electrons. The van der Waals surface area contributed by atoms with Gasteiger partial charge in [0, 0.05) is 44.6 Å². The molecule has 2 aromatic carbocycles. The number of carbonyl (C=O) groups is 2. The van der Waals surface area contributed by atoms with Gasteiger partial charge >= 0.3 is 6.36 Å². The summed E-state index contributed by atoms with van der Waals surface area (Å²) in [5.74, 6) is -0.569. The molecule has 1 fully saturated rings. The van der Waals surface area contributed by atoms with Crippen LogP contribution in [0.3, 0.4) is 0 Å². The summed E-state index contributed by atoms with van der Waals surface area (Å²) in [4.78, 5) is 27.2. The molecule has 0 aromatic heterocycles. The number of para-hydroxylation sites is 1. The molecule has 35 heavy (non-hydrogen) atoms. The lowest BCUT2D eigenvalue weighted by molar-refractivity contribution is -0.274. The lowest BCUT2D eigenvalue weighted by Crippen LogP contribution is -2.43. The van der Waals surface area contributed by atoms with Crippen LogP contribution in [0.1, 0.15) is 32.6 Å². The van der Waals surface area contributed by atoms with Crippen LogP contribution in [-0.2, 0) is 9.59 Å². The summed E-state index contributed by atoms with van der Waals surface area (Å²) in [6.45, 7) is 2.33. The van der Waals surface area contributed by atoms with Crippen molar-refractivity contribution in [1.29, 1.82) is 0 Å². The molecule has 2 aromatic rings. The summed E-state index contributed by atoms with van der Waals surface area (Å²) >= 11 is 6.37. The lowest BCUT2D eigenvalue weighted by Gasteiger charge is -2.32. The molecule has 2 amide bonds. The Morgan fingerprint density at radius 3 is 2.60 bits per heavy atom. The maximum Gasteiger partial charge on any atom is 0.573 e. The number of ether oxygens (including phenoxy) is 1. The fourth-order valence-electron chi connectivity index (χ4n) is 3.71. The van der Waals surface area contributed by atoms with Gasteiger partial charge < -0.3 is 14.5 Å². The Kier molecular flexibility index (Phi) is 8.71. The summed E-state index contributed by atoms with van der Waals surface area (Å²) in [5.41, 5.74) is 0.953. The maximum absolute atomic E-state index is 12.8. The first-order valence-electron chi connectivity index (χ1n) is 11.1. The Bertz CT molecular complexity index is 1090. The topological polar surface area (TPSA) is 74.6 Å². The van der Waals surface area contributed by atoms with E-state index in [4.69, 9.17) is 11.6 Å². The first kappa shape index (κ1) is 26.5. The number of hydrogen-bond acceptors (Lipinski definition) is 5. The molecule has 11 heteroatoms. The molecule has 0 radical (unpaired) electrons. The average Bonchev–Trinajstić information content (AvgIpc) is 2.80. The predicted octanol–water partition coefficient (Wildman–Crippen LogP) is 6.20. The van der Waals surface area contributed by atoms with Crippen LogP contribution in [-0.4, -0.2) is 54.3 Å². The van der Waals surface area contributed by atoms with Crippen molar-refractivity contribution in [1.82, 2.24) is 9.80 Å². The molecule has 0 saturated carbocycles. The van der Waals surface area contributed by atoms with E-state index in [2.05, 4.69) is 15.0 Å². The third-order valence-electron chi connectivity index (χ3n) is 5.65. The predicted molar refractivity (Wildman–Crippen MR) is 125 cm³/mol. The number of carbonyl (C=O) groups excluding carboxylic acids is 2. The van der Waals surface area contributed by atoms with Crippen LogP contribution >= 0.6 is 11.6 Å². The van der Waals surface area contributed by atoms with E-state index in [0.717, 1.165) is 12.8 Å². The van der Waals surface area contributed by atoms with Gasteiger partial charge in [-0.2, -0.15) is 10.2 Å². The number of nitrogens with zero attached hydrogens (tertiary/aromatic N) is 4. The molecule has 1 aliphatic rings. The molecular formula is C24H26ClF3N4O3. The third kappa shape index (κ3) is 7.42. The summed E-state index contributed by atoms with van der Waals surface area (Å²) in [6.07, 6.45) is -2.65. The van der Waals surface area contributed by atoms with Crippen LogP contribution in [0.4, 0.5) is 18.9 Å². The Balaban J connectivity index is 1.74. The second-order valence-electron chi connectivity index (χ2n) is 8.18. The Morgan fingerprint density at radius 1 is 1.17 bits per heavy atom. The lowest BCUT2D eigenvalue weighted by atomic mass is 10.0. The number of alkyl halides is 3. The average molecular weight is 511 g/mol. The Labute approximate surface area is 206 Å². The van der Waals surface area contributed by atoms with E-state index in [0.29, 0.717) is 30.8 Å². The Morgan fingerprint density at radius 2 is 1.91 bits per heavy atom. The second-order valence-corrected chi connectivity index (χ2v) is 8.58. The molecule has 1 saturated heterocycles. The number of likely N-dealkylation sites (tertiary alicyclic amines) is 1. The van der Waals surface area contributed by atoms with Gasteiger partial charge in [0.1, 0.15) is 11.9 Å². The minimum atomic E-state index is -4.83. The smallest absolute Gasteiger partial charge is 0.405 e. The fourth-order valence-corrected chi connectivity index (χ4v) is 3.99. The van der Waals surface area contributed by atoms with E-state index in [9.17, 15) is 22.8 Å². The standard InChI is InChI=1S/C24H26ClF3N4O3/c1-16(33)31(2)14-12-23(34)32-13-6-5-9-22(32)30-29-17-10-11-18(20(25)15-17)19-7-3-4-8-21(19)35-24(26,27)28/h3-4,7-8,10-11,15,22H,5-6,9,12-14H2,1-2H3. The van der Waals surface area contributed by atoms with Crippen LogP contribution in [0.2, 0.25) is 5.02 Å². The molecule has 1 heterocycles. The zero-order valence-corrected chi connectivity index (χ0v) is 20.1. The van der Waals surface area contributed by atoms with E-state index < -0.39 is 12.5 Å². The summed E-state index contributed by atoms with van der Waals surface area (Å²) < 4.78 is 42.4. The van der Waals surface area contributed by atoms with E-state index >= 15 is 0 Å².